The van der Waals surface area contributed by atoms with Gasteiger partial charge in [-0.2, -0.15) is 5.10 Å². The predicted molar refractivity (Wildman–Crippen MR) is 44.9 cm³/mol. The van der Waals surface area contributed by atoms with Crippen LogP contribution in [0.25, 0.3) is 11.1 Å². The van der Waals surface area contributed by atoms with Crippen molar-refractivity contribution in [1.82, 2.24) is 14.9 Å². The van der Waals surface area contributed by atoms with Crippen LogP contribution in [0, 0.1) is 0 Å². The number of aryl methyl sites for hydroxylation is 1. The maximum absolute atomic E-state index is 5.10. The minimum Gasteiger partial charge on any atom is -0.353 e. The predicted octanol–water partition coefficient (Wildman–Crippen LogP) is 1.68. The summed E-state index contributed by atoms with van der Waals surface area (Å²) >= 11 is 0. The number of fused-ring (bicyclic) bond motifs is 1. The number of hydrogen-bond donors (Lipinski definition) is 0. The van der Waals surface area contributed by atoms with Gasteiger partial charge in [0.1, 0.15) is 5.69 Å². The highest BCUT2D eigenvalue weighted by Crippen LogP contribution is 2.22. The van der Waals surface area contributed by atoms with Gasteiger partial charge in [-0.3, -0.25) is 4.68 Å². The second-order valence-electron chi connectivity index (χ2n) is 3.24. The molecule has 0 saturated carbocycles. The van der Waals surface area contributed by atoms with E-state index in [9.17, 15) is 0 Å². The average molecular weight is 165 g/mol. The number of nitrogens with zero attached hydrogens (tertiary/aromatic N) is 3. The first-order chi connectivity index (χ1) is 5.68. The Morgan fingerprint density at radius 1 is 1.50 bits per heavy atom. The van der Waals surface area contributed by atoms with E-state index in [2.05, 4.69) is 24.1 Å². The maximum Gasteiger partial charge on any atom is 0.205 e. The molecular formula is C8H11N3O. The van der Waals surface area contributed by atoms with Crippen LogP contribution in [0.3, 0.4) is 0 Å². The van der Waals surface area contributed by atoms with Crippen molar-refractivity contribution < 1.29 is 4.52 Å². The Hall–Kier alpha value is -1.32. The summed E-state index contributed by atoms with van der Waals surface area (Å²) in [5.74, 6) is 0.362. The largest absolute Gasteiger partial charge is 0.353 e. The first-order valence-corrected chi connectivity index (χ1v) is 3.97. The summed E-state index contributed by atoms with van der Waals surface area (Å²) in [4.78, 5) is 0. The van der Waals surface area contributed by atoms with Crippen molar-refractivity contribution in [1.29, 1.82) is 0 Å². The van der Waals surface area contributed by atoms with Crippen LogP contribution in [0.15, 0.2) is 10.7 Å². The van der Waals surface area contributed by atoms with Crippen LogP contribution >= 0.6 is 0 Å². The van der Waals surface area contributed by atoms with Crippen molar-refractivity contribution in [3.05, 3.63) is 11.9 Å². The quantitative estimate of drug-likeness (QED) is 0.645. The van der Waals surface area contributed by atoms with E-state index < -0.39 is 0 Å². The summed E-state index contributed by atoms with van der Waals surface area (Å²) in [6, 6.07) is 0. The third kappa shape index (κ3) is 0.913. The van der Waals surface area contributed by atoms with Crippen LogP contribution in [0.1, 0.15) is 25.5 Å². The van der Waals surface area contributed by atoms with Crippen LogP contribution in [-0.4, -0.2) is 14.9 Å². The van der Waals surface area contributed by atoms with Gasteiger partial charge >= 0.3 is 0 Å². The molecule has 0 amide bonds. The Labute approximate surface area is 70.1 Å². The normalized spacial score (nSPS) is 11.7. The van der Waals surface area contributed by atoms with Crippen molar-refractivity contribution in [3.8, 4) is 0 Å². The molecule has 4 heteroatoms. The zero-order valence-corrected chi connectivity index (χ0v) is 7.40. The fourth-order valence-electron chi connectivity index (χ4n) is 1.23. The molecule has 0 bridgehead atoms. The monoisotopic (exact) mass is 165 g/mol. The number of hydrogen-bond acceptors (Lipinski definition) is 3. The molecule has 2 rings (SSSR count). The summed E-state index contributed by atoms with van der Waals surface area (Å²) in [7, 11) is 1.87. The Morgan fingerprint density at radius 3 is 2.92 bits per heavy atom. The molecule has 64 valence electrons. The van der Waals surface area contributed by atoms with Gasteiger partial charge in [0, 0.05) is 13.0 Å². The van der Waals surface area contributed by atoms with Crippen molar-refractivity contribution in [2.45, 2.75) is 19.8 Å². The SMILES string of the molecule is CC(C)c1noc2cn(C)nc12. The Morgan fingerprint density at radius 2 is 2.25 bits per heavy atom. The topological polar surface area (TPSA) is 43.9 Å². The Bertz CT molecular complexity index is 399. The summed E-state index contributed by atoms with van der Waals surface area (Å²) in [6.07, 6.45) is 1.83. The van der Waals surface area contributed by atoms with Gasteiger partial charge in [-0.15, -0.1) is 0 Å². The molecule has 2 aromatic rings. The van der Waals surface area contributed by atoms with Crippen LogP contribution < -0.4 is 0 Å². The molecule has 0 aliphatic carbocycles. The highest BCUT2D eigenvalue weighted by molar-refractivity contribution is 5.74. The molecular weight excluding hydrogens is 154 g/mol. The van der Waals surface area contributed by atoms with Gasteiger partial charge in [-0.05, 0) is 0 Å². The molecule has 4 nitrogen and oxygen atoms in total. The minimum atomic E-state index is 0.362. The first kappa shape index (κ1) is 7.34. The van der Waals surface area contributed by atoms with E-state index in [-0.39, 0.29) is 0 Å². The van der Waals surface area contributed by atoms with Crippen LogP contribution in [-0.2, 0) is 7.05 Å². The molecule has 0 aromatic carbocycles. The lowest BCUT2D eigenvalue weighted by Gasteiger charge is -1.95. The molecule has 0 radical (unpaired) electrons. The zero-order chi connectivity index (χ0) is 8.72. The fraction of sp³-hybridized carbons (Fsp3) is 0.500. The Balaban J connectivity index is 2.68. The standard InChI is InChI=1S/C8H11N3O/c1-5(2)7-8-6(12-10-7)4-11(3)9-8/h4-5H,1-3H3. The van der Waals surface area contributed by atoms with E-state index in [1.165, 1.54) is 0 Å². The molecule has 2 heterocycles. The summed E-state index contributed by atoms with van der Waals surface area (Å²) in [5, 5.41) is 8.20. The van der Waals surface area contributed by atoms with Gasteiger partial charge in [0.15, 0.2) is 5.52 Å². The van der Waals surface area contributed by atoms with E-state index in [4.69, 9.17) is 4.52 Å². The first-order valence-electron chi connectivity index (χ1n) is 3.97. The van der Waals surface area contributed by atoms with E-state index in [0.717, 1.165) is 16.8 Å². The molecule has 0 fully saturated rings. The number of aromatic nitrogens is 3. The highest BCUT2D eigenvalue weighted by atomic mass is 16.5. The lowest BCUT2D eigenvalue weighted by atomic mass is 10.1. The fourth-order valence-corrected chi connectivity index (χ4v) is 1.23. The lowest BCUT2D eigenvalue weighted by molar-refractivity contribution is 0.439. The summed E-state index contributed by atoms with van der Waals surface area (Å²) < 4.78 is 6.84. The van der Waals surface area contributed by atoms with Gasteiger partial charge in [-0.25, -0.2) is 0 Å². The summed E-state index contributed by atoms with van der Waals surface area (Å²) in [6.45, 7) is 4.15. The smallest absolute Gasteiger partial charge is 0.205 e. The molecule has 2 aromatic heterocycles. The van der Waals surface area contributed by atoms with Crippen LogP contribution in [0.2, 0.25) is 0 Å². The highest BCUT2D eigenvalue weighted by Gasteiger charge is 2.14. The average Bonchev–Trinajstić information content (AvgIpc) is 2.43. The van der Waals surface area contributed by atoms with E-state index in [1.54, 1.807) is 4.68 Å². The van der Waals surface area contributed by atoms with Crippen molar-refractivity contribution in [2.24, 2.45) is 7.05 Å². The third-order valence-corrected chi connectivity index (χ3v) is 1.83. The number of rotatable bonds is 1. The summed E-state index contributed by atoms with van der Waals surface area (Å²) in [5.41, 5.74) is 2.58. The lowest BCUT2D eigenvalue weighted by Crippen LogP contribution is -1.91. The second-order valence-corrected chi connectivity index (χ2v) is 3.24. The molecule has 12 heavy (non-hydrogen) atoms. The molecule has 0 aliphatic rings. The molecule has 0 aliphatic heterocycles. The van der Waals surface area contributed by atoms with Crippen molar-refractivity contribution in [3.63, 3.8) is 0 Å². The molecule has 0 atom stereocenters. The van der Waals surface area contributed by atoms with Gasteiger partial charge < -0.3 is 4.52 Å². The molecule has 0 N–H and O–H groups in total. The van der Waals surface area contributed by atoms with Crippen molar-refractivity contribution >= 4 is 11.1 Å². The maximum atomic E-state index is 5.10. The van der Waals surface area contributed by atoms with Crippen molar-refractivity contribution in [2.75, 3.05) is 0 Å². The van der Waals surface area contributed by atoms with E-state index in [0.29, 0.717) is 5.92 Å². The van der Waals surface area contributed by atoms with Gasteiger partial charge in [0.2, 0.25) is 5.58 Å². The van der Waals surface area contributed by atoms with E-state index >= 15 is 0 Å². The third-order valence-electron chi connectivity index (χ3n) is 1.83. The molecule has 0 saturated heterocycles. The minimum absolute atomic E-state index is 0.362. The van der Waals surface area contributed by atoms with Gasteiger partial charge in [-0.1, -0.05) is 19.0 Å². The van der Waals surface area contributed by atoms with Gasteiger partial charge in [0.05, 0.1) is 6.20 Å². The van der Waals surface area contributed by atoms with Crippen LogP contribution in [0.5, 0.6) is 0 Å². The van der Waals surface area contributed by atoms with E-state index in [1.807, 2.05) is 13.2 Å². The Kier molecular flexibility index (Phi) is 1.43. The zero-order valence-electron chi connectivity index (χ0n) is 7.40. The molecule has 0 spiro atoms. The second kappa shape index (κ2) is 2.33. The molecule has 0 unspecified atom stereocenters. The van der Waals surface area contributed by atoms with Gasteiger partial charge in [0.25, 0.3) is 0 Å². The van der Waals surface area contributed by atoms with Crippen LogP contribution in [0.4, 0.5) is 0 Å².